The first-order chi connectivity index (χ1) is 14.6. The number of benzene rings is 1. The fourth-order valence-electron chi connectivity index (χ4n) is 4.39. The largest absolute Gasteiger partial charge is 0.486 e. The Labute approximate surface area is 180 Å². The summed E-state index contributed by atoms with van der Waals surface area (Å²) in [7, 11) is 0. The van der Waals surface area contributed by atoms with Crippen LogP contribution in [0.25, 0.3) is 0 Å². The fraction of sp³-hybridized carbons (Fsp3) is 0.708. The SMILES string of the molecule is CCCCCCCC(=O)N[C@H](CN1CCC[C@@H]1C)C(O)c1ccc2c(c1)OCCO2. The molecule has 0 aromatic heterocycles. The highest BCUT2D eigenvalue weighted by Gasteiger charge is 2.30. The van der Waals surface area contributed by atoms with Gasteiger partial charge in [-0.25, -0.2) is 0 Å². The standard InChI is InChI=1S/C24H38N2O4/c1-3-4-5-6-7-10-23(27)25-20(17-26-13-8-9-18(26)2)24(28)19-11-12-21-22(16-19)30-15-14-29-21/h11-12,16,18,20,24,28H,3-10,13-15,17H2,1-2H3,(H,25,27)/t18-,20+,24?/m0/s1. The van der Waals surface area contributed by atoms with Crippen molar-refractivity contribution in [2.75, 3.05) is 26.3 Å². The van der Waals surface area contributed by atoms with E-state index < -0.39 is 6.10 Å². The van der Waals surface area contributed by atoms with Crippen LogP contribution in [0, 0.1) is 0 Å². The quantitative estimate of drug-likeness (QED) is 0.535. The summed E-state index contributed by atoms with van der Waals surface area (Å²) in [5.74, 6) is 1.39. The number of nitrogens with one attached hydrogen (secondary N) is 1. The number of hydrogen-bond acceptors (Lipinski definition) is 5. The van der Waals surface area contributed by atoms with Crippen LogP contribution in [0.2, 0.25) is 0 Å². The molecular formula is C24H38N2O4. The fourth-order valence-corrected chi connectivity index (χ4v) is 4.39. The minimum atomic E-state index is -0.794. The first kappa shape index (κ1) is 22.9. The van der Waals surface area contributed by atoms with Crippen LogP contribution in [0.1, 0.15) is 76.9 Å². The van der Waals surface area contributed by atoms with E-state index in [9.17, 15) is 9.90 Å². The van der Waals surface area contributed by atoms with E-state index in [0.29, 0.717) is 43.7 Å². The summed E-state index contributed by atoms with van der Waals surface area (Å²) in [4.78, 5) is 15.0. The molecule has 1 amide bonds. The number of amides is 1. The van der Waals surface area contributed by atoms with Crippen molar-refractivity contribution in [1.29, 1.82) is 0 Å². The van der Waals surface area contributed by atoms with Gasteiger partial charge in [-0.3, -0.25) is 9.69 Å². The third-order valence-electron chi connectivity index (χ3n) is 6.26. The lowest BCUT2D eigenvalue weighted by atomic mass is 10.00. The molecule has 168 valence electrons. The van der Waals surface area contributed by atoms with Crippen LogP contribution in [-0.2, 0) is 4.79 Å². The Bertz CT molecular complexity index is 681. The molecule has 0 saturated carbocycles. The molecule has 2 aliphatic rings. The number of unbranched alkanes of at least 4 members (excludes halogenated alkanes) is 4. The lowest BCUT2D eigenvalue weighted by Gasteiger charge is -2.31. The Hall–Kier alpha value is -1.79. The molecule has 0 aliphatic carbocycles. The number of carbonyl (C=O) groups is 1. The van der Waals surface area contributed by atoms with Crippen molar-refractivity contribution >= 4 is 5.91 Å². The normalized spacial score (nSPS) is 20.7. The zero-order chi connectivity index (χ0) is 21.3. The minimum Gasteiger partial charge on any atom is -0.486 e. The molecule has 6 nitrogen and oxygen atoms in total. The molecule has 1 unspecified atom stereocenters. The molecule has 1 aromatic rings. The Morgan fingerprint density at radius 1 is 1.20 bits per heavy atom. The van der Waals surface area contributed by atoms with E-state index in [2.05, 4.69) is 24.1 Å². The van der Waals surface area contributed by atoms with E-state index in [-0.39, 0.29) is 11.9 Å². The van der Waals surface area contributed by atoms with Gasteiger partial charge < -0.3 is 19.9 Å². The molecule has 6 heteroatoms. The Morgan fingerprint density at radius 3 is 2.70 bits per heavy atom. The Balaban J connectivity index is 1.64. The van der Waals surface area contributed by atoms with Gasteiger partial charge in [-0.1, -0.05) is 38.7 Å². The maximum Gasteiger partial charge on any atom is 0.220 e. The minimum absolute atomic E-state index is 0.0277. The van der Waals surface area contributed by atoms with Gasteiger partial charge in [-0.15, -0.1) is 0 Å². The van der Waals surface area contributed by atoms with Crippen LogP contribution in [0.15, 0.2) is 18.2 Å². The summed E-state index contributed by atoms with van der Waals surface area (Å²) in [5.41, 5.74) is 0.749. The zero-order valence-corrected chi connectivity index (χ0v) is 18.6. The van der Waals surface area contributed by atoms with Crippen molar-refractivity contribution < 1.29 is 19.4 Å². The monoisotopic (exact) mass is 418 g/mol. The number of aliphatic hydroxyl groups is 1. The van der Waals surface area contributed by atoms with Crippen LogP contribution in [0.5, 0.6) is 11.5 Å². The summed E-state index contributed by atoms with van der Waals surface area (Å²) in [5, 5.41) is 14.3. The van der Waals surface area contributed by atoms with Gasteiger partial charge in [-0.05, 0) is 50.4 Å². The van der Waals surface area contributed by atoms with Gasteiger partial charge in [0.05, 0.1) is 6.04 Å². The number of likely N-dealkylation sites (tertiary alicyclic amines) is 1. The van der Waals surface area contributed by atoms with Crippen molar-refractivity contribution in [2.24, 2.45) is 0 Å². The molecule has 3 rings (SSSR count). The van der Waals surface area contributed by atoms with Crippen molar-refractivity contribution in [3.05, 3.63) is 23.8 Å². The molecule has 0 bridgehead atoms. The lowest BCUT2D eigenvalue weighted by Crippen LogP contribution is -2.48. The third-order valence-corrected chi connectivity index (χ3v) is 6.26. The summed E-state index contributed by atoms with van der Waals surface area (Å²) < 4.78 is 11.3. The van der Waals surface area contributed by atoms with Crippen LogP contribution in [-0.4, -0.2) is 54.3 Å². The van der Waals surface area contributed by atoms with Gasteiger partial charge in [0.25, 0.3) is 0 Å². The summed E-state index contributed by atoms with van der Waals surface area (Å²) in [6, 6.07) is 5.69. The molecule has 1 fully saturated rings. The topological polar surface area (TPSA) is 71.0 Å². The average molecular weight is 419 g/mol. The van der Waals surface area contributed by atoms with Crippen molar-refractivity contribution in [2.45, 2.75) is 83.4 Å². The van der Waals surface area contributed by atoms with Crippen molar-refractivity contribution in [3.8, 4) is 11.5 Å². The predicted molar refractivity (Wildman–Crippen MR) is 118 cm³/mol. The molecule has 1 saturated heterocycles. The summed E-state index contributed by atoms with van der Waals surface area (Å²) in [6.45, 7) is 7.12. The number of nitrogens with zero attached hydrogens (tertiary/aromatic N) is 1. The second-order valence-electron chi connectivity index (χ2n) is 8.67. The number of rotatable bonds is 11. The predicted octanol–water partition coefficient (Wildman–Crippen LogP) is 3.82. The highest BCUT2D eigenvalue weighted by atomic mass is 16.6. The summed E-state index contributed by atoms with van der Waals surface area (Å²) >= 11 is 0. The number of carbonyl (C=O) groups excluding carboxylic acids is 1. The van der Waals surface area contributed by atoms with Crippen LogP contribution >= 0.6 is 0 Å². The smallest absolute Gasteiger partial charge is 0.220 e. The van der Waals surface area contributed by atoms with Crippen LogP contribution in [0.3, 0.4) is 0 Å². The van der Waals surface area contributed by atoms with Crippen LogP contribution < -0.4 is 14.8 Å². The van der Waals surface area contributed by atoms with Crippen molar-refractivity contribution in [1.82, 2.24) is 10.2 Å². The van der Waals surface area contributed by atoms with E-state index >= 15 is 0 Å². The van der Waals surface area contributed by atoms with Crippen LogP contribution in [0.4, 0.5) is 0 Å². The number of fused-ring (bicyclic) bond motifs is 1. The number of ether oxygens (including phenoxy) is 2. The van der Waals surface area contributed by atoms with E-state index in [1.165, 1.54) is 25.7 Å². The maximum atomic E-state index is 12.6. The second kappa shape index (κ2) is 11.6. The molecule has 0 radical (unpaired) electrons. The zero-order valence-electron chi connectivity index (χ0n) is 18.6. The average Bonchev–Trinajstić information content (AvgIpc) is 3.16. The molecule has 3 atom stereocenters. The number of aliphatic hydroxyl groups excluding tert-OH is 1. The molecule has 30 heavy (non-hydrogen) atoms. The second-order valence-corrected chi connectivity index (χ2v) is 8.67. The highest BCUT2D eigenvalue weighted by molar-refractivity contribution is 5.76. The maximum absolute atomic E-state index is 12.6. The molecule has 2 heterocycles. The van der Waals surface area contributed by atoms with E-state index in [4.69, 9.17) is 9.47 Å². The Kier molecular flexibility index (Phi) is 8.82. The highest BCUT2D eigenvalue weighted by Crippen LogP contribution is 2.33. The Morgan fingerprint density at radius 2 is 1.97 bits per heavy atom. The lowest BCUT2D eigenvalue weighted by molar-refractivity contribution is -0.123. The van der Waals surface area contributed by atoms with E-state index in [1.807, 2.05) is 18.2 Å². The number of hydrogen-bond donors (Lipinski definition) is 2. The summed E-state index contributed by atoms with van der Waals surface area (Å²) in [6.07, 6.45) is 7.64. The van der Waals surface area contributed by atoms with Gasteiger partial charge in [0.2, 0.25) is 5.91 Å². The molecular weight excluding hydrogens is 380 g/mol. The molecule has 1 aromatic carbocycles. The van der Waals surface area contributed by atoms with E-state index in [0.717, 1.165) is 31.4 Å². The van der Waals surface area contributed by atoms with Gasteiger partial charge in [0.1, 0.15) is 19.3 Å². The van der Waals surface area contributed by atoms with Gasteiger partial charge in [-0.2, -0.15) is 0 Å². The molecule has 0 spiro atoms. The first-order valence-electron chi connectivity index (χ1n) is 11.7. The molecule has 2 aliphatic heterocycles. The first-order valence-corrected chi connectivity index (χ1v) is 11.7. The van der Waals surface area contributed by atoms with Gasteiger partial charge >= 0.3 is 0 Å². The van der Waals surface area contributed by atoms with Gasteiger partial charge in [0, 0.05) is 19.0 Å². The van der Waals surface area contributed by atoms with Crippen molar-refractivity contribution in [3.63, 3.8) is 0 Å². The molecule has 2 N–H and O–H groups in total. The van der Waals surface area contributed by atoms with Gasteiger partial charge in [0.15, 0.2) is 11.5 Å². The van der Waals surface area contributed by atoms with E-state index in [1.54, 1.807) is 0 Å². The third kappa shape index (κ3) is 6.35.